The Hall–Kier alpha value is -3.25. The van der Waals surface area contributed by atoms with Crippen LogP contribution < -0.4 is 5.32 Å². The van der Waals surface area contributed by atoms with Crippen LogP contribution in [0.2, 0.25) is 5.02 Å². The van der Waals surface area contributed by atoms with Crippen LogP contribution in [0.5, 0.6) is 0 Å². The fourth-order valence-electron chi connectivity index (χ4n) is 3.11. The fourth-order valence-corrected chi connectivity index (χ4v) is 3.23. The minimum atomic E-state index is -0.0588. The zero-order chi connectivity index (χ0) is 20.2. The van der Waals surface area contributed by atoms with Crippen molar-refractivity contribution in [3.63, 3.8) is 0 Å². The monoisotopic (exact) mass is 406 g/mol. The van der Waals surface area contributed by atoms with Crippen LogP contribution in [-0.4, -0.2) is 21.0 Å². The third-order valence-corrected chi connectivity index (χ3v) is 4.86. The molecule has 146 valence electrons. The van der Waals surface area contributed by atoms with E-state index in [1.165, 1.54) is 0 Å². The quantitative estimate of drug-likeness (QED) is 0.475. The van der Waals surface area contributed by atoms with E-state index in [1.807, 2.05) is 43.3 Å². The van der Waals surface area contributed by atoms with Gasteiger partial charge in [-0.15, -0.1) is 0 Å². The summed E-state index contributed by atoms with van der Waals surface area (Å²) in [6.45, 7) is 2.00. The first-order valence-corrected chi connectivity index (χ1v) is 9.70. The van der Waals surface area contributed by atoms with Crippen molar-refractivity contribution < 1.29 is 9.32 Å². The summed E-state index contributed by atoms with van der Waals surface area (Å²) in [7, 11) is 0. The molecule has 0 spiro atoms. The minimum Gasteiger partial charge on any atom is -0.339 e. The van der Waals surface area contributed by atoms with Gasteiger partial charge in [-0.05, 0) is 61.4 Å². The second-order valence-corrected chi connectivity index (χ2v) is 7.19. The van der Waals surface area contributed by atoms with Crippen molar-refractivity contribution in [3.8, 4) is 11.4 Å². The standard InChI is InChI=1S/C22H19ClN4O2/c1-14-7-12-18(17-4-3-13-24-21(14)17)25-19(28)5-2-6-20-26-22(27-29-20)15-8-10-16(23)11-9-15/h3-4,7-13H,2,5-6H2,1H3,(H,25,28). The van der Waals surface area contributed by atoms with E-state index < -0.39 is 0 Å². The molecule has 0 fully saturated rings. The molecule has 4 aromatic rings. The van der Waals surface area contributed by atoms with E-state index in [2.05, 4.69) is 20.4 Å². The molecule has 0 bridgehead atoms. The van der Waals surface area contributed by atoms with Crippen LogP contribution in [0.4, 0.5) is 5.69 Å². The SMILES string of the molecule is Cc1ccc(NC(=O)CCCc2nc(-c3ccc(Cl)cc3)no2)c2cccnc12. The van der Waals surface area contributed by atoms with Gasteiger partial charge in [0.2, 0.25) is 17.6 Å². The van der Waals surface area contributed by atoms with Gasteiger partial charge in [0.15, 0.2) is 0 Å². The van der Waals surface area contributed by atoms with Crippen LogP contribution in [-0.2, 0) is 11.2 Å². The number of anilines is 1. The van der Waals surface area contributed by atoms with Crippen molar-refractivity contribution >= 4 is 34.1 Å². The number of amides is 1. The van der Waals surface area contributed by atoms with E-state index in [-0.39, 0.29) is 5.91 Å². The predicted molar refractivity (Wildman–Crippen MR) is 113 cm³/mol. The Morgan fingerprint density at radius 3 is 2.79 bits per heavy atom. The molecule has 0 aliphatic rings. The van der Waals surface area contributed by atoms with Crippen LogP contribution in [0.15, 0.2) is 59.3 Å². The van der Waals surface area contributed by atoms with Crippen molar-refractivity contribution in [3.05, 3.63) is 71.2 Å². The van der Waals surface area contributed by atoms with Crippen molar-refractivity contribution in [2.24, 2.45) is 0 Å². The first kappa shape index (κ1) is 19.1. The Bertz CT molecular complexity index is 1160. The lowest BCUT2D eigenvalue weighted by Crippen LogP contribution is -2.12. The maximum Gasteiger partial charge on any atom is 0.226 e. The summed E-state index contributed by atoms with van der Waals surface area (Å²) >= 11 is 5.89. The van der Waals surface area contributed by atoms with Gasteiger partial charge >= 0.3 is 0 Å². The zero-order valence-corrected chi connectivity index (χ0v) is 16.6. The number of aryl methyl sites for hydroxylation is 2. The summed E-state index contributed by atoms with van der Waals surface area (Å²) in [5.74, 6) is 0.962. The fraction of sp³-hybridized carbons (Fsp3) is 0.182. The van der Waals surface area contributed by atoms with Crippen LogP contribution in [0, 0.1) is 6.92 Å². The molecule has 0 radical (unpaired) electrons. The van der Waals surface area contributed by atoms with E-state index in [4.69, 9.17) is 16.1 Å². The number of hydrogen-bond acceptors (Lipinski definition) is 5. The second-order valence-electron chi connectivity index (χ2n) is 6.75. The van der Waals surface area contributed by atoms with E-state index in [0.717, 1.165) is 27.7 Å². The van der Waals surface area contributed by atoms with Gasteiger partial charge < -0.3 is 9.84 Å². The number of nitrogens with one attached hydrogen (secondary N) is 1. The molecule has 1 N–H and O–H groups in total. The van der Waals surface area contributed by atoms with Gasteiger partial charge in [0.05, 0.1) is 11.2 Å². The Morgan fingerprint density at radius 1 is 1.14 bits per heavy atom. The molecule has 1 amide bonds. The molecule has 2 aromatic carbocycles. The third-order valence-electron chi connectivity index (χ3n) is 4.61. The van der Waals surface area contributed by atoms with E-state index >= 15 is 0 Å². The number of carbonyl (C=O) groups is 1. The van der Waals surface area contributed by atoms with Crippen molar-refractivity contribution in [1.82, 2.24) is 15.1 Å². The Kier molecular flexibility index (Phi) is 5.53. The number of hydrogen-bond donors (Lipinski definition) is 1. The summed E-state index contributed by atoms with van der Waals surface area (Å²) in [5.41, 5.74) is 3.57. The number of nitrogens with zero attached hydrogens (tertiary/aromatic N) is 3. The lowest BCUT2D eigenvalue weighted by Gasteiger charge is -2.09. The number of pyridine rings is 1. The maximum atomic E-state index is 12.4. The number of fused-ring (bicyclic) bond motifs is 1. The normalized spacial score (nSPS) is 11.0. The average Bonchev–Trinajstić information content (AvgIpc) is 3.20. The molecule has 0 saturated heterocycles. The Labute approximate surface area is 172 Å². The van der Waals surface area contributed by atoms with Gasteiger partial charge in [-0.3, -0.25) is 9.78 Å². The van der Waals surface area contributed by atoms with Gasteiger partial charge in [0, 0.05) is 35.0 Å². The van der Waals surface area contributed by atoms with Crippen molar-refractivity contribution in [1.29, 1.82) is 0 Å². The van der Waals surface area contributed by atoms with Crippen molar-refractivity contribution in [2.75, 3.05) is 5.32 Å². The molecule has 0 saturated carbocycles. The first-order chi connectivity index (χ1) is 14.1. The minimum absolute atomic E-state index is 0.0588. The maximum absolute atomic E-state index is 12.4. The summed E-state index contributed by atoms with van der Waals surface area (Å²) in [6.07, 6.45) is 3.25. The lowest BCUT2D eigenvalue weighted by atomic mass is 10.1. The highest BCUT2D eigenvalue weighted by atomic mass is 35.5. The van der Waals surface area contributed by atoms with E-state index in [0.29, 0.717) is 36.0 Å². The van der Waals surface area contributed by atoms with Gasteiger partial charge in [-0.1, -0.05) is 22.8 Å². The van der Waals surface area contributed by atoms with Crippen LogP contribution in [0.3, 0.4) is 0 Å². The van der Waals surface area contributed by atoms with Gasteiger partial charge in [-0.2, -0.15) is 4.98 Å². The topological polar surface area (TPSA) is 80.9 Å². The second kappa shape index (κ2) is 8.41. The number of carbonyl (C=O) groups excluding carboxylic acids is 1. The molecule has 4 rings (SSSR count). The summed E-state index contributed by atoms with van der Waals surface area (Å²) in [6, 6.07) is 14.9. The molecule has 0 aliphatic heterocycles. The highest BCUT2D eigenvalue weighted by molar-refractivity contribution is 6.30. The lowest BCUT2D eigenvalue weighted by molar-refractivity contribution is -0.116. The number of rotatable bonds is 6. The van der Waals surface area contributed by atoms with Crippen LogP contribution in [0.25, 0.3) is 22.3 Å². The smallest absolute Gasteiger partial charge is 0.226 e. The third kappa shape index (κ3) is 4.43. The molecule has 0 unspecified atom stereocenters. The predicted octanol–water partition coefficient (Wildman–Crippen LogP) is 5.21. The molecular formula is C22H19ClN4O2. The average molecular weight is 407 g/mol. The Balaban J connectivity index is 1.34. The molecule has 6 nitrogen and oxygen atoms in total. The van der Waals surface area contributed by atoms with Crippen LogP contribution in [0.1, 0.15) is 24.3 Å². The Morgan fingerprint density at radius 2 is 1.97 bits per heavy atom. The highest BCUT2D eigenvalue weighted by Crippen LogP contribution is 2.25. The molecule has 2 aromatic heterocycles. The van der Waals surface area contributed by atoms with Gasteiger partial charge in [0.25, 0.3) is 0 Å². The molecule has 7 heteroatoms. The zero-order valence-electron chi connectivity index (χ0n) is 15.9. The summed E-state index contributed by atoms with van der Waals surface area (Å²) in [5, 5.41) is 8.55. The van der Waals surface area contributed by atoms with Gasteiger partial charge in [0.1, 0.15) is 0 Å². The summed E-state index contributed by atoms with van der Waals surface area (Å²) < 4.78 is 5.29. The first-order valence-electron chi connectivity index (χ1n) is 9.33. The van der Waals surface area contributed by atoms with Crippen molar-refractivity contribution in [2.45, 2.75) is 26.2 Å². The largest absolute Gasteiger partial charge is 0.339 e. The summed E-state index contributed by atoms with van der Waals surface area (Å²) in [4.78, 5) is 21.2. The molecule has 0 atom stereocenters. The number of halogens is 1. The molecule has 2 heterocycles. The molecule has 29 heavy (non-hydrogen) atoms. The number of aromatic nitrogens is 3. The van der Waals surface area contributed by atoms with E-state index in [9.17, 15) is 4.79 Å². The van der Waals surface area contributed by atoms with Gasteiger partial charge in [-0.25, -0.2) is 0 Å². The molecular weight excluding hydrogens is 388 g/mol. The van der Waals surface area contributed by atoms with Crippen LogP contribution >= 0.6 is 11.6 Å². The molecule has 0 aliphatic carbocycles. The highest BCUT2D eigenvalue weighted by Gasteiger charge is 2.11. The van der Waals surface area contributed by atoms with E-state index in [1.54, 1.807) is 18.3 Å². The number of benzene rings is 2.